The van der Waals surface area contributed by atoms with Gasteiger partial charge in [-0.05, 0) is 50.2 Å². The minimum Gasteiger partial charge on any atom is -0.462 e. The molecule has 3 atom stereocenters. The van der Waals surface area contributed by atoms with Crippen LogP contribution in [0, 0.1) is 11.3 Å². The monoisotopic (exact) mass is 544 g/mol. The van der Waals surface area contributed by atoms with Crippen molar-refractivity contribution in [1.82, 2.24) is 10.9 Å². The first-order chi connectivity index (χ1) is 16.4. The highest BCUT2D eigenvalue weighted by atomic mass is 79.9. The van der Waals surface area contributed by atoms with Crippen molar-refractivity contribution < 1.29 is 14.3 Å². The highest BCUT2D eigenvalue weighted by Gasteiger charge is 2.43. The predicted molar refractivity (Wildman–Crippen MR) is 138 cm³/mol. The summed E-state index contributed by atoms with van der Waals surface area (Å²) in [6.45, 7) is 3.99. The summed E-state index contributed by atoms with van der Waals surface area (Å²) in [7, 11) is 0. The molecule has 0 aromatic heterocycles. The van der Waals surface area contributed by atoms with E-state index >= 15 is 0 Å². The molecule has 2 heterocycles. The van der Waals surface area contributed by atoms with Crippen LogP contribution in [0.3, 0.4) is 0 Å². The van der Waals surface area contributed by atoms with E-state index in [2.05, 4.69) is 32.1 Å². The third-order valence-electron chi connectivity index (χ3n) is 5.45. The molecule has 0 saturated carbocycles. The number of amidine groups is 2. The maximum atomic E-state index is 12.8. The molecule has 1 saturated heterocycles. The number of esters is 1. The van der Waals surface area contributed by atoms with Crippen molar-refractivity contribution in [3.63, 3.8) is 0 Å². The Hall–Kier alpha value is -2.73. The van der Waals surface area contributed by atoms with Crippen molar-refractivity contribution in [3.8, 4) is 0 Å². The molecule has 2 aliphatic heterocycles. The van der Waals surface area contributed by atoms with Gasteiger partial charge in [0.05, 0.1) is 29.5 Å². The molecule has 2 aromatic rings. The maximum absolute atomic E-state index is 12.8. The molecule has 3 unspecified atom stereocenters. The summed E-state index contributed by atoms with van der Waals surface area (Å²) in [5, 5.41) is 12.2. The molecule has 178 valence electrons. The molecular formula is C23H25BrN6O3S. The maximum Gasteiger partial charge on any atom is 0.340 e. The molecule has 4 rings (SSSR count). The Balaban J connectivity index is 1.52. The van der Waals surface area contributed by atoms with Crippen molar-refractivity contribution in [3.05, 3.63) is 58.6 Å². The van der Waals surface area contributed by atoms with E-state index in [0.29, 0.717) is 22.3 Å². The van der Waals surface area contributed by atoms with E-state index in [9.17, 15) is 9.59 Å². The van der Waals surface area contributed by atoms with Crippen molar-refractivity contribution in [2.24, 2.45) is 10.9 Å². The Bertz CT molecular complexity index is 1130. The smallest absolute Gasteiger partial charge is 0.340 e. The fourth-order valence-corrected chi connectivity index (χ4v) is 4.95. The molecule has 2 aliphatic rings. The van der Waals surface area contributed by atoms with Gasteiger partial charge in [-0.1, -0.05) is 39.8 Å². The second kappa shape index (κ2) is 10.7. The van der Waals surface area contributed by atoms with Gasteiger partial charge in [0.2, 0.25) is 5.91 Å². The van der Waals surface area contributed by atoms with Gasteiger partial charge in [-0.3, -0.25) is 20.5 Å². The number of hydrogen-bond acceptors (Lipinski definition) is 8. The standard InChI is InChI=1S/C23H25BrN6O3S/c1-3-33-22(32)16-6-4-5-7-17(16)26-18(31)12-34-23-27-21-19(13(2)28-29-21)20(25)30(23)15-10-8-14(24)9-11-15/h4-11,13,19,21,25,28-29H,3,12H2,1-2H3,(H,26,31). The van der Waals surface area contributed by atoms with Crippen LogP contribution in [0.5, 0.6) is 0 Å². The van der Waals surface area contributed by atoms with E-state index in [1.54, 1.807) is 36.1 Å². The van der Waals surface area contributed by atoms with Gasteiger partial charge in [0.15, 0.2) is 5.17 Å². The topological polar surface area (TPSA) is 119 Å². The highest BCUT2D eigenvalue weighted by Crippen LogP contribution is 2.32. The lowest BCUT2D eigenvalue weighted by Gasteiger charge is -2.35. The number of anilines is 2. The lowest BCUT2D eigenvalue weighted by atomic mass is 9.97. The SMILES string of the molecule is CCOC(=O)c1ccccc1NC(=O)CSC1=NC2NNC(C)C2C(=N)N1c1ccc(Br)cc1. The predicted octanol–water partition coefficient (Wildman–Crippen LogP) is 3.59. The van der Waals surface area contributed by atoms with Gasteiger partial charge in [-0.25, -0.2) is 15.2 Å². The second-order valence-electron chi connectivity index (χ2n) is 7.76. The van der Waals surface area contributed by atoms with Gasteiger partial charge in [-0.2, -0.15) is 0 Å². The third-order valence-corrected chi connectivity index (χ3v) is 6.93. The number of benzene rings is 2. The Kier molecular flexibility index (Phi) is 7.67. The summed E-state index contributed by atoms with van der Waals surface area (Å²) in [6.07, 6.45) is -0.288. The first-order valence-corrected chi connectivity index (χ1v) is 12.6. The number of amides is 1. The first-order valence-electron chi connectivity index (χ1n) is 10.8. The van der Waals surface area contributed by atoms with E-state index in [0.717, 1.165) is 10.2 Å². The van der Waals surface area contributed by atoms with Crippen LogP contribution in [0.4, 0.5) is 11.4 Å². The summed E-state index contributed by atoms with van der Waals surface area (Å²) >= 11 is 4.69. The zero-order valence-corrected chi connectivity index (χ0v) is 21.1. The van der Waals surface area contributed by atoms with Crippen LogP contribution >= 0.6 is 27.7 Å². The van der Waals surface area contributed by atoms with E-state index in [4.69, 9.17) is 15.1 Å². The van der Waals surface area contributed by atoms with Crippen molar-refractivity contribution in [2.75, 3.05) is 22.6 Å². The van der Waals surface area contributed by atoms with Gasteiger partial charge >= 0.3 is 5.97 Å². The Morgan fingerprint density at radius 3 is 2.68 bits per heavy atom. The lowest BCUT2D eigenvalue weighted by molar-refractivity contribution is -0.113. The minimum atomic E-state index is -0.488. The quantitative estimate of drug-likeness (QED) is 0.410. The number of halogens is 1. The highest BCUT2D eigenvalue weighted by molar-refractivity contribution is 9.10. The van der Waals surface area contributed by atoms with Crippen LogP contribution in [0.2, 0.25) is 0 Å². The number of aliphatic imine (C=N–C) groups is 1. The number of carbonyl (C=O) groups excluding carboxylic acids is 2. The van der Waals surface area contributed by atoms with Crippen LogP contribution in [-0.4, -0.2) is 47.4 Å². The van der Waals surface area contributed by atoms with Gasteiger partial charge in [0.25, 0.3) is 0 Å². The number of ether oxygens (including phenoxy) is 1. The minimum absolute atomic E-state index is 0.0356. The molecular weight excluding hydrogens is 520 g/mol. The Labute approximate surface area is 210 Å². The number of fused-ring (bicyclic) bond motifs is 1. The molecule has 0 bridgehead atoms. The second-order valence-corrected chi connectivity index (χ2v) is 9.62. The van der Waals surface area contributed by atoms with E-state index in [1.807, 2.05) is 31.2 Å². The molecule has 11 heteroatoms. The van der Waals surface area contributed by atoms with Gasteiger partial charge < -0.3 is 10.1 Å². The fourth-order valence-electron chi connectivity index (χ4n) is 3.83. The molecule has 0 spiro atoms. The third kappa shape index (κ3) is 5.17. The number of nitrogens with zero attached hydrogens (tertiary/aromatic N) is 2. The van der Waals surface area contributed by atoms with Crippen molar-refractivity contribution in [2.45, 2.75) is 26.1 Å². The lowest BCUT2D eigenvalue weighted by Crippen LogP contribution is -2.50. The molecule has 1 fully saturated rings. The average Bonchev–Trinajstić information content (AvgIpc) is 3.20. The molecule has 34 heavy (non-hydrogen) atoms. The molecule has 2 aromatic carbocycles. The summed E-state index contributed by atoms with van der Waals surface area (Å²) < 4.78 is 6.01. The van der Waals surface area contributed by atoms with E-state index in [1.165, 1.54) is 11.8 Å². The van der Waals surface area contributed by atoms with Crippen molar-refractivity contribution >= 4 is 61.9 Å². The summed E-state index contributed by atoms with van der Waals surface area (Å²) in [6, 6.07) is 14.4. The van der Waals surface area contributed by atoms with Crippen LogP contribution in [0.15, 0.2) is 58.0 Å². The number of para-hydroxylation sites is 1. The zero-order chi connectivity index (χ0) is 24.2. The van der Waals surface area contributed by atoms with E-state index < -0.39 is 5.97 Å². The summed E-state index contributed by atoms with van der Waals surface area (Å²) in [4.78, 5) is 31.6. The van der Waals surface area contributed by atoms with Crippen LogP contribution in [0.1, 0.15) is 24.2 Å². The fraction of sp³-hybridized carbons (Fsp3) is 0.304. The largest absolute Gasteiger partial charge is 0.462 e. The van der Waals surface area contributed by atoms with Crippen LogP contribution in [0.25, 0.3) is 0 Å². The van der Waals surface area contributed by atoms with E-state index in [-0.39, 0.29) is 36.4 Å². The number of rotatable bonds is 6. The number of thioether (sulfide) groups is 1. The number of hydrogen-bond donors (Lipinski definition) is 4. The molecule has 0 aliphatic carbocycles. The average molecular weight is 545 g/mol. The molecule has 1 amide bonds. The van der Waals surface area contributed by atoms with Crippen LogP contribution < -0.4 is 21.1 Å². The Morgan fingerprint density at radius 2 is 1.94 bits per heavy atom. The zero-order valence-electron chi connectivity index (χ0n) is 18.7. The van der Waals surface area contributed by atoms with Gasteiger partial charge in [0.1, 0.15) is 12.0 Å². The normalized spacial score (nSPS) is 21.6. The summed E-state index contributed by atoms with van der Waals surface area (Å²) in [5.41, 5.74) is 7.78. The molecule has 4 N–H and O–H groups in total. The first kappa shape index (κ1) is 24.4. The number of carbonyl (C=O) groups is 2. The molecule has 9 nitrogen and oxygen atoms in total. The number of nitrogens with one attached hydrogen (secondary N) is 4. The van der Waals surface area contributed by atoms with Gasteiger partial charge in [-0.15, -0.1) is 0 Å². The number of hydrazine groups is 1. The van der Waals surface area contributed by atoms with Gasteiger partial charge in [0, 0.05) is 16.2 Å². The summed E-state index contributed by atoms with van der Waals surface area (Å²) in [5.74, 6) is -0.463. The Morgan fingerprint density at radius 1 is 1.21 bits per heavy atom. The van der Waals surface area contributed by atoms with Crippen LogP contribution in [-0.2, 0) is 9.53 Å². The van der Waals surface area contributed by atoms with Crippen molar-refractivity contribution in [1.29, 1.82) is 5.41 Å². The molecule has 0 radical (unpaired) electrons.